The number of nitrogens with two attached hydrogens (primary N) is 1. The maximum atomic E-state index is 11.3. The van der Waals surface area contributed by atoms with E-state index in [1.165, 1.54) is 11.3 Å². The Morgan fingerprint density at radius 3 is 3.15 bits per heavy atom. The molecule has 0 spiro atoms. The summed E-state index contributed by atoms with van der Waals surface area (Å²) in [6.07, 6.45) is 0. The highest BCUT2D eigenvalue weighted by atomic mass is 32.1. The molecule has 0 saturated carbocycles. The first-order chi connectivity index (χ1) is 6.29. The van der Waals surface area contributed by atoms with Crippen molar-refractivity contribution in [3.63, 3.8) is 0 Å². The number of carbonyl (C=O) groups excluding carboxylic acids is 1. The van der Waals surface area contributed by atoms with E-state index in [4.69, 9.17) is 5.73 Å². The summed E-state index contributed by atoms with van der Waals surface area (Å²) < 4.78 is 0. The fourth-order valence-corrected chi connectivity index (χ4v) is 1.64. The molecule has 68 valence electrons. The van der Waals surface area contributed by atoms with Crippen LogP contribution in [0.4, 0.5) is 0 Å². The van der Waals surface area contributed by atoms with Gasteiger partial charge in [-0.25, -0.2) is 0 Å². The zero-order valence-electron chi connectivity index (χ0n) is 7.26. The lowest BCUT2D eigenvalue weighted by atomic mass is 10.2. The van der Waals surface area contributed by atoms with E-state index in [0.29, 0.717) is 11.4 Å². The van der Waals surface area contributed by atoms with Crippen LogP contribution in [0.25, 0.3) is 0 Å². The van der Waals surface area contributed by atoms with Crippen molar-refractivity contribution in [2.45, 2.75) is 0 Å². The molecule has 0 fully saturated rings. The van der Waals surface area contributed by atoms with Crippen LogP contribution in [-0.4, -0.2) is 19.5 Å². The molecule has 0 bridgehead atoms. The average Bonchev–Trinajstić information content (AvgIpc) is 2.61. The average molecular weight is 194 g/mol. The highest BCUT2D eigenvalue weighted by Crippen LogP contribution is 2.14. The van der Waals surface area contributed by atoms with E-state index in [9.17, 15) is 4.79 Å². The van der Waals surface area contributed by atoms with Gasteiger partial charge in [-0.2, -0.15) is 0 Å². The van der Waals surface area contributed by atoms with E-state index >= 15 is 0 Å². The number of hydrogen-bond donors (Lipinski definition) is 2. The van der Waals surface area contributed by atoms with E-state index in [2.05, 4.69) is 17.2 Å². The Balaban J connectivity index is 2.96. The van der Waals surface area contributed by atoms with E-state index in [0.717, 1.165) is 5.56 Å². The molecule has 0 aliphatic heterocycles. The Hall–Kier alpha value is -1.31. The Labute approximate surface area is 80.9 Å². The molecule has 4 heteroatoms. The van der Waals surface area contributed by atoms with Crippen molar-refractivity contribution in [2.75, 3.05) is 13.6 Å². The van der Waals surface area contributed by atoms with Gasteiger partial charge in [0.05, 0.1) is 6.54 Å². The van der Waals surface area contributed by atoms with Crippen molar-refractivity contribution in [1.82, 2.24) is 5.32 Å². The third-order valence-corrected chi connectivity index (χ3v) is 2.34. The fourth-order valence-electron chi connectivity index (χ4n) is 0.843. The third-order valence-electron chi connectivity index (χ3n) is 1.42. The molecule has 0 aliphatic carbocycles. The summed E-state index contributed by atoms with van der Waals surface area (Å²) in [5.41, 5.74) is 5.98. The first kappa shape index (κ1) is 9.78. The van der Waals surface area contributed by atoms with Gasteiger partial charge in [-0.15, -0.1) is 11.3 Å². The van der Waals surface area contributed by atoms with Crippen LogP contribution in [0.2, 0.25) is 0 Å². The van der Waals surface area contributed by atoms with Gasteiger partial charge in [0.2, 0.25) is 0 Å². The molecule has 13 heavy (non-hydrogen) atoms. The summed E-state index contributed by atoms with van der Waals surface area (Å²) in [6.45, 7) is 0.309. The van der Waals surface area contributed by atoms with Gasteiger partial charge in [0.15, 0.2) is 0 Å². The molecular formula is C9H10N2OS. The zero-order chi connectivity index (χ0) is 9.68. The molecule has 1 aromatic heterocycles. The predicted octanol–water partition coefficient (Wildman–Crippen LogP) is 0.418. The first-order valence-corrected chi connectivity index (χ1v) is 4.66. The number of carbonyl (C=O) groups is 1. The summed E-state index contributed by atoms with van der Waals surface area (Å²) in [6, 6.07) is 1.82. The molecular weight excluding hydrogens is 184 g/mol. The van der Waals surface area contributed by atoms with E-state index in [1.54, 1.807) is 7.05 Å². The molecule has 1 amide bonds. The van der Waals surface area contributed by atoms with Crippen LogP contribution >= 0.6 is 11.3 Å². The van der Waals surface area contributed by atoms with Crippen molar-refractivity contribution >= 4 is 17.2 Å². The molecule has 0 unspecified atom stereocenters. The quantitative estimate of drug-likeness (QED) is 0.636. The maximum Gasteiger partial charge on any atom is 0.262 e. The van der Waals surface area contributed by atoms with E-state index in [-0.39, 0.29) is 5.91 Å². The van der Waals surface area contributed by atoms with Crippen LogP contribution in [0.3, 0.4) is 0 Å². The lowest BCUT2D eigenvalue weighted by molar-refractivity contribution is 0.0967. The zero-order valence-corrected chi connectivity index (χ0v) is 8.07. The van der Waals surface area contributed by atoms with Crippen molar-refractivity contribution in [2.24, 2.45) is 5.73 Å². The van der Waals surface area contributed by atoms with Crippen LogP contribution in [-0.2, 0) is 0 Å². The normalized spacial score (nSPS) is 8.77. The van der Waals surface area contributed by atoms with Gasteiger partial charge in [0.25, 0.3) is 5.91 Å². The molecule has 0 aliphatic rings. The molecule has 0 atom stereocenters. The highest BCUT2D eigenvalue weighted by Gasteiger charge is 2.08. The smallest absolute Gasteiger partial charge is 0.262 e. The van der Waals surface area contributed by atoms with Crippen molar-refractivity contribution in [3.05, 3.63) is 21.9 Å². The summed E-state index contributed by atoms with van der Waals surface area (Å²) in [4.78, 5) is 11.9. The maximum absolute atomic E-state index is 11.3. The topological polar surface area (TPSA) is 55.1 Å². The minimum atomic E-state index is -0.101. The van der Waals surface area contributed by atoms with E-state index in [1.807, 2.05) is 11.4 Å². The summed E-state index contributed by atoms with van der Waals surface area (Å²) in [5.74, 6) is 5.46. The second-order valence-corrected chi connectivity index (χ2v) is 3.16. The summed E-state index contributed by atoms with van der Waals surface area (Å²) >= 11 is 1.38. The van der Waals surface area contributed by atoms with Gasteiger partial charge in [-0.3, -0.25) is 4.79 Å². The molecule has 1 aromatic rings. The molecule has 0 aromatic carbocycles. The Morgan fingerprint density at radius 2 is 2.54 bits per heavy atom. The SMILES string of the molecule is CNC(=O)c1sccc1C#CCN. The molecule has 1 rings (SSSR count). The molecule has 3 nitrogen and oxygen atoms in total. The van der Waals surface area contributed by atoms with Crippen molar-refractivity contribution < 1.29 is 4.79 Å². The van der Waals surface area contributed by atoms with Gasteiger partial charge in [0.1, 0.15) is 4.88 Å². The fraction of sp³-hybridized carbons (Fsp3) is 0.222. The van der Waals surface area contributed by atoms with Crippen LogP contribution in [0.5, 0.6) is 0 Å². The van der Waals surface area contributed by atoms with Gasteiger partial charge >= 0.3 is 0 Å². The third kappa shape index (κ3) is 2.31. The van der Waals surface area contributed by atoms with E-state index < -0.39 is 0 Å². The number of hydrogen-bond acceptors (Lipinski definition) is 3. The standard InChI is InChI=1S/C9H10N2OS/c1-11-9(12)8-7(3-2-5-10)4-6-13-8/h4,6H,5,10H2,1H3,(H,11,12). The lowest BCUT2D eigenvalue weighted by Crippen LogP contribution is -2.17. The second-order valence-electron chi connectivity index (χ2n) is 2.25. The predicted molar refractivity (Wildman–Crippen MR) is 53.6 cm³/mol. The molecule has 0 saturated heterocycles. The lowest BCUT2D eigenvalue weighted by Gasteiger charge is -1.94. The molecule has 3 N–H and O–H groups in total. The van der Waals surface area contributed by atoms with Gasteiger partial charge in [-0.05, 0) is 11.4 Å². The molecule has 0 radical (unpaired) electrons. The van der Waals surface area contributed by atoms with Crippen LogP contribution in [0.15, 0.2) is 11.4 Å². The monoisotopic (exact) mass is 194 g/mol. The van der Waals surface area contributed by atoms with Crippen molar-refractivity contribution in [3.8, 4) is 11.8 Å². The number of amides is 1. The van der Waals surface area contributed by atoms with Crippen LogP contribution in [0, 0.1) is 11.8 Å². The van der Waals surface area contributed by atoms with Crippen LogP contribution < -0.4 is 11.1 Å². The minimum Gasteiger partial charge on any atom is -0.354 e. The number of rotatable bonds is 1. The Kier molecular flexibility index (Phi) is 3.50. The minimum absolute atomic E-state index is 0.101. The highest BCUT2D eigenvalue weighted by molar-refractivity contribution is 7.12. The van der Waals surface area contributed by atoms with Gasteiger partial charge in [-0.1, -0.05) is 11.8 Å². The largest absolute Gasteiger partial charge is 0.354 e. The number of thiophene rings is 1. The summed E-state index contributed by atoms with van der Waals surface area (Å²) in [7, 11) is 1.60. The van der Waals surface area contributed by atoms with Crippen molar-refractivity contribution in [1.29, 1.82) is 0 Å². The Morgan fingerprint density at radius 1 is 1.77 bits per heavy atom. The first-order valence-electron chi connectivity index (χ1n) is 3.78. The van der Waals surface area contributed by atoms with Gasteiger partial charge < -0.3 is 11.1 Å². The molecule has 1 heterocycles. The number of nitrogens with one attached hydrogen (secondary N) is 1. The second kappa shape index (κ2) is 4.65. The summed E-state index contributed by atoms with van der Waals surface area (Å²) in [5, 5.41) is 4.40. The van der Waals surface area contributed by atoms with Gasteiger partial charge in [0, 0.05) is 12.6 Å². The Bertz CT molecular complexity index is 359. The van der Waals surface area contributed by atoms with Crippen LogP contribution in [0.1, 0.15) is 15.2 Å².